The van der Waals surface area contributed by atoms with Crippen LogP contribution in [0.3, 0.4) is 0 Å². The minimum absolute atomic E-state index is 0.167. The summed E-state index contributed by atoms with van der Waals surface area (Å²) in [5, 5.41) is 8.94. The molecule has 1 aliphatic heterocycles. The molecule has 1 aromatic heterocycles. The fraction of sp³-hybridized carbons (Fsp3) is 0.258. The van der Waals surface area contributed by atoms with Crippen molar-refractivity contribution in [2.75, 3.05) is 38.0 Å². The van der Waals surface area contributed by atoms with Gasteiger partial charge in [0.1, 0.15) is 5.69 Å². The first-order valence-corrected chi connectivity index (χ1v) is 13.6. The highest BCUT2D eigenvalue weighted by Gasteiger charge is 2.31. The summed E-state index contributed by atoms with van der Waals surface area (Å²) in [6, 6.07) is 26.2. The summed E-state index contributed by atoms with van der Waals surface area (Å²) in [4.78, 5) is 42.4. The van der Waals surface area contributed by atoms with E-state index in [2.05, 4.69) is 16.0 Å². The summed E-state index contributed by atoms with van der Waals surface area (Å²) >= 11 is 0. The highest BCUT2D eigenvalue weighted by atomic mass is 16.2. The Morgan fingerprint density at radius 2 is 1.52 bits per heavy atom. The van der Waals surface area contributed by atoms with E-state index in [1.807, 2.05) is 96.8 Å². The van der Waals surface area contributed by atoms with Crippen LogP contribution in [0.1, 0.15) is 22.5 Å². The van der Waals surface area contributed by atoms with Crippen molar-refractivity contribution >= 4 is 17.6 Å². The molecule has 3 N–H and O–H groups in total. The molecule has 40 heavy (non-hydrogen) atoms. The van der Waals surface area contributed by atoms with Crippen LogP contribution in [0.4, 0.5) is 10.5 Å². The van der Waals surface area contributed by atoms with Gasteiger partial charge in [-0.2, -0.15) is 0 Å². The smallest absolute Gasteiger partial charge is 0.333 e. The van der Waals surface area contributed by atoms with Gasteiger partial charge in [-0.05, 0) is 37.1 Å². The van der Waals surface area contributed by atoms with Crippen molar-refractivity contribution in [1.82, 2.24) is 24.7 Å². The van der Waals surface area contributed by atoms with Crippen LogP contribution in [-0.4, -0.2) is 58.7 Å². The number of piperazine rings is 1. The first-order valence-electron chi connectivity index (χ1n) is 13.6. The number of urea groups is 1. The molecule has 1 saturated heterocycles. The Kier molecular flexibility index (Phi) is 8.41. The predicted octanol–water partition coefficient (Wildman–Crippen LogP) is 3.87. The zero-order chi connectivity index (χ0) is 27.9. The van der Waals surface area contributed by atoms with Gasteiger partial charge in [-0.1, -0.05) is 66.7 Å². The van der Waals surface area contributed by atoms with E-state index in [4.69, 9.17) is 0 Å². The lowest BCUT2D eigenvalue weighted by Crippen LogP contribution is -2.47. The fourth-order valence-corrected chi connectivity index (χ4v) is 5.02. The zero-order valence-corrected chi connectivity index (χ0v) is 22.6. The van der Waals surface area contributed by atoms with Gasteiger partial charge in [0, 0.05) is 50.5 Å². The fourth-order valence-electron chi connectivity index (χ4n) is 5.02. The molecule has 0 spiro atoms. The van der Waals surface area contributed by atoms with E-state index in [-0.39, 0.29) is 24.2 Å². The van der Waals surface area contributed by atoms with Crippen molar-refractivity contribution in [2.24, 2.45) is 0 Å². The highest BCUT2D eigenvalue weighted by molar-refractivity contribution is 5.99. The summed E-state index contributed by atoms with van der Waals surface area (Å²) < 4.78 is 3.24. The number of amides is 3. The van der Waals surface area contributed by atoms with E-state index in [0.717, 1.165) is 16.8 Å². The molecular formula is C31H34N6O3. The number of carbonyl (C=O) groups is 2. The first-order chi connectivity index (χ1) is 19.5. The van der Waals surface area contributed by atoms with Crippen LogP contribution in [0.25, 0.3) is 16.9 Å². The van der Waals surface area contributed by atoms with Crippen molar-refractivity contribution in [3.8, 4) is 16.9 Å². The summed E-state index contributed by atoms with van der Waals surface area (Å²) in [5.74, 6) is -0.167. The molecule has 2 heterocycles. The van der Waals surface area contributed by atoms with Gasteiger partial charge in [0.15, 0.2) is 0 Å². The monoisotopic (exact) mass is 538 g/mol. The lowest BCUT2D eigenvalue weighted by molar-refractivity contribution is 0.0725. The Morgan fingerprint density at radius 3 is 2.23 bits per heavy atom. The second-order valence-corrected chi connectivity index (χ2v) is 9.76. The maximum atomic E-state index is 14.1. The van der Waals surface area contributed by atoms with Gasteiger partial charge >= 0.3 is 11.7 Å². The van der Waals surface area contributed by atoms with Crippen molar-refractivity contribution in [3.05, 3.63) is 107 Å². The SMILES string of the molecule is Cc1ccccc1-n1c(-c2ccccc2)c(C(=O)N2CCNCC2)n(CCCNC(=O)Nc2ccccc2)c1=O. The minimum atomic E-state index is -0.321. The Morgan fingerprint density at radius 1 is 0.875 bits per heavy atom. The summed E-state index contributed by atoms with van der Waals surface area (Å²) in [6.07, 6.45) is 0.468. The molecule has 1 fully saturated rings. The van der Waals surface area contributed by atoms with Crippen molar-refractivity contribution < 1.29 is 9.59 Å². The van der Waals surface area contributed by atoms with Crippen molar-refractivity contribution in [2.45, 2.75) is 19.9 Å². The molecule has 9 heteroatoms. The summed E-state index contributed by atoms with van der Waals surface area (Å²) in [5.41, 5.74) is 3.83. The number of nitrogens with one attached hydrogen (secondary N) is 3. The Bertz CT molecular complexity index is 1520. The van der Waals surface area contributed by atoms with Crippen LogP contribution in [0, 0.1) is 6.92 Å². The lowest BCUT2D eigenvalue weighted by Gasteiger charge is -2.28. The topological polar surface area (TPSA) is 100 Å². The average molecular weight is 539 g/mol. The molecule has 0 aliphatic carbocycles. The molecule has 0 bridgehead atoms. The largest absolute Gasteiger partial charge is 0.338 e. The molecule has 5 rings (SSSR count). The molecule has 0 saturated carbocycles. The number of rotatable bonds is 8. The number of hydrogen-bond acceptors (Lipinski definition) is 4. The number of para-hydroxylation sites is 2. The third-order valence-electron chi connectivity index (χ3n) is 7.03. The van der Waals surface area contributed by atoms with E-state index >= 15 is 0 Å². The molecule has 1 aliphatic rings. The number of anilines is 1. The maximum absolute atomic E-state index is 14.1. The Balaban J connectivity index is 1.50. The normalized spacial score (nSPS) is 13.2. The predicted molar refractivity (Wildman–Crippen MR) is 157 cm³/mol. The molecule has 0 unspecified atom stereocenters. The molecule has 0 radical (unpaired) electrons. The number of nitrogens with zero attached hydrogens (tertiary/aromatic N) is 3. The van der Waals surface area contributed by atoms with Gasteiger partial charge in [-0.15, -0.1) is 0 Å². The lowest BCUT2D eigenvalue weighted by atomic mass is 10.1. The zero-order valence-electron chi connectivity index (χ0n) is 22.6. The maximum Gasteiger partial charge on any atom is 0.333 e. The van der Waals surface area contributed by atoms with E-state index in [9.17, 15) is 14.4 Å². The number of benzene rings is 3. The summed E-state index contributed by atoms with van der Waals surface area (Å²) in [7, 11) is 0. The van der Waals surface area contributed by atoms with Crippen LogP contribution >= 0.6 is 0 Å². The second kappa shape index (κ2) is 12.5. The van der Waals surface area contributed by atoms with Gasteiger partial charge in [-0.3, -0.25) is 13.9 Å². The van der Waals surface area contributed by atoms with Crippen LogP contribution in [0.2, 0.25) is 0 Å². The summed E-state index contributed by atoms with van der Waals surface area (Å²) in [6.45, 7) is 5.11. The molecule has 3 aromatic carbocycles. The Labute approximate surface area is 233 Å². The highest BCUT2D eigenvalue weighted by Crippen LogP contribution is 2.29. The van der Waals surface area contributed by atoms with Crippen LogP contribution in [0.15, 0.2) is 89.7 Å². The third-order valence-corrected chi connectivity index (χ3v) is 7.03. The van der Waals surface area contributed by atoms with Crippen LogP contribution < -0.4 is 21.6 Å². The quantitative estimate of drug-likeness (QED) is 0.297. The molecular weight excluding hydrogens is 504 g/mol. The van der Waals surface area contributed by atoms with Gasteiger partial charge in [-0.25, -0.2) is 9.59 Å². The third kappa shape index (κ3) is 5.84. The van der Waals surface area contributed by atoms with E-state index < -0.39 is 0 Å². The number of aromatic nitrogens is 2. The number of aryl methyl sites for hydroxylation is 1. The Hall–Kier alpha value is -4.63. The molecule has 4 aromatic rings. The van der Waals surface area contributed by atoms with Gasteiger partial charge in [0.05, 0.1) is 11.4 Å². The van der Waals surface area contributed by atoms with E-state index in [1.54, 1.807) is 9.13 Å². The second-order valence-electron chi connectivity index (χ2n) is 9.76. The molecule has 9 nitrogen and oxygen atoms in total. The van der Waals surface area contributed by atoms with Crippen molar-refractivity contribution in [1.29, 1.82) is 0 Å². The van der Waals surface area contributed by atoms with Crippen LogP contribution in [-0.2, 0) is 6.54 Å². The van der Waals surface area contributed by atoms with Crippen molar-refractivity contribution in [3.63, 3.8) is 0 Å². The standard InChI is InChI=1S/C31H34N6O3/c1-23-11-8-9-16-26(23)37-27(24-12-4-2-5-13-24)28(29(38)35-21-18-32-19-22-35)36(31(37)40)20-10-17-33-30(39)34-25-14-6-3-7-15-25/h2-9,11-16,32H,10,17-22H2,1H3,(H2,33,34,39). The van der Waals surface area contributed by atoms with Gasteiger partial charge in [0.25, 0.3) is 5.91 Å². The van der Waals surface area contributed by atoms with Crippen LogP contribution in [0.5, 0.6) is 0 Å². The molecule has 0 atom stereocenters. The molecule has 206 valence electrons. The molecule has 3 amide bonds. The first kappa shape index (κ1) is 27.0. The van der Waals surface area contributed by atoms with Gasteiger partial charge in [0.2, 0.25) is 0 Å². The average Bonchev–Trinajstić information content (AvgIpc) is 3.28. The van der Waals surface area contributed by atoms with E-state index in [0.29, 0.717) is 56.2 Å². The number of hydrogen-bond donors (Lipinski definition) is 3. The minimum Gasteiger partial charge on any atom is -0.338 e. The number of imidazole rings is 1. The number of carbonyl (C=O) groups excluding carboxylic acids is 2. The van der Waals surface area contributed by atoms with E-state index in [1.165, 1.54) is 0 Å². The van der Waals surface area contributed by atoms with Gasteiger partial charge < -0.3 is 20.9 Å².